The number of halogens is 2. The van der Waals surface area contributed by atoms with Crippen molar-refractivity contribution in [3.05, 3.63) is 65.2 Å². The fourth-order valence-electron chi connectivity index (χ4n) is 1.83. The number of amides is 2. The molecule has 0 aliphatic heterocycles. The number of ketones is 1. The van der Waals surface area contributed by atoms with Crippen LogP contribution in [0, 0.1) is 23.5 Å². The third-order valence-corrected chi connectivity index (χ3v) is 3.06. The molecule has 0 saturated heterocycles. The van der Waals surface area contributed by atoms with Crippen LogP contribution >= 0.6 is 0 Å². The monoisotopic (exact) mass is 328 g/mol. The van der Waals surface area contributed by atoms with Crippen LogP contribution in [0.25, 0.3) is 0 Å². The van der Waals surface area contributed by atoms with Crippen molar-refractivity contribution < 1.29 is 18.4 Å². The molecule has 0 saturated carbocycles. The Hall–Kier alpha value is -3.20. The number of para-hydroxylation sites is 1. The summed E-state index contributed by atoms with van der Waals surface area (Å²) in [6, 6.07) is 9.24. The van der Waals surface area contributed by atoms with E-state index in [4.69, 9.17) is 0 Å². The van der Waals surface area contributed by atoms with Crippen molar-refractivity contribution in [3.8, 4) is 11.8 Å². The van der Waals surface area contributed by atoms with E-state index in [-0.39, 0.29) is 12.3 Å². The first kappa shape index (κ1) is 17.2. The lowest BCUT2D eigenvalue weighted by atomic mass is 10.1. The van der Waals surface area contributed by atoms with Crippen LogP contribution < -0.4 is 10.6 Å². The number of urea groups is 1. The highest BCUT2D eigenvalue weighted by molar-refractivity contribution is 5.94. The van der Waals surface area contributed by atoms with Crippen molar-refractivity contribution in [2.45, 2.75) is 6.92 Å². The molecular formula is C18H14F2N2O2. The quantitative estimate of drug-likeness (QED) is 0.671. The molecule has 0 unspecified atom stereocenters. The summed E-state index contributed by atoms with van der Waals surface area (Å²) < 4.78 is 26.8. The molecule has 0 radical (unpaired) electrons. The average Bonchev–Trinajstić information content (AvgIpc) is 2.55. The second-order valence-corrected chi connectivity index (χ2v) is 4.84. The van der Waals surface area contributed by atoms with Crippen LogP contribution in [-0.4, -0.2) is 18.4 Å². The van der Waals surface area contributed by atoms with E-state index in [0.29, 0.717) is 11.1 Å². The van der Waals surface area contributed by atoms with Gasteiger partial charge in [-0.15, -0.1) is 0 Å². The van der Waals surface area contributed by atoms with Crippen molar-refractivity contribution in [2.75, 3.05) is 11.9 Å². The lowest BCUT2D eigenvalue weighted by Gasteiger charge is -2.07. The van der Waals surface area contributed by atoms with Gasteiger partial charge in [-0.25, -0.2) is 13.6 Å². The number of carbonyl (C=O) groups is 2. The summed E-state index contributed by atoms with van der Waals surface area (Å²) in [4.78, 5) is 22.7. The maximum atomic E-state index is 13.4. The van der Waals surface area contributed by atoms with Crippen LogP contribution in [0.15, 0.2) is 42.5 Å². The second-order valence-electron chi connectivity index (χ2n) is 4.84. The highest BCUT2D eigenvalue weighted by atomic mass is 19.1. The normalized spacial score (nSPS) is 9.62. The van der Waals surface area contributed by atoms with E-state index in [2.05, 4.69) is 22.5 Å². The summed E-state index contributed by atoms with van der Waals surface area (Å²) in [5.41, 5.74) is 0.759. The Morgan fingerprint density at radius 3 is 2.25 bits per heavy atom. The molecule has 4 nitrogen and oxygen atoms in total. The Kier molecular flexibility index (Phi) is 5.63. The zero-order chi connectivity index (χ0) is 17.5. The molecule has 0 aliphatic carbocycles. The first-order valence-electron chi connectivity index (χ1n) is 7.06. The highest BCUT2D eigenvalue weighted by Crippen LogP contribution is 2.17. The minimum atomic E-state index is -0.859. The van der Waals surface area contributed by atoms with Gasteiger partial charge in [-0.1, -0.05) is 30.0 Å². The van der Waals surface area contributed by atoms with Crippen LogP contribution in [-0.2, 0) is 0 Å². The predicted octanol–water partition coefficient (Wildman–Crippen LogP) is 3.34. The summed E-state index contributed by atoms with van der Waals surface area (Å²) >= 11 is 0. The van der Waals surface area contributed by atoms with E-state index in [0.717, 1.165) is 12.1 Å². The topological polar surface area (TPSA) is 58.2 Å². The summed E-state index contributed by atoms with van der Waals surface area (Å²) in [6.07, 6.45) is 0. The first-order chi connectivity index (χ1) is 11.5. The standard InChI is InChI=1S/C18H14F2N2O2/c1-12(23)14-9-7-13(8-10-14)4-3-11-21-18(24)22-17-15(19)5-2-6-16(17)20/h2,5-10H,11H2,1H3,(H2,21,22,24). The fraction of sp³-hybridized carbons (Fsp3) is 0.111. The summed E-state index contributed by atoms with van der Waals surface area (Å²) in [7, 11) is 0. The van der Waals surface area contributed by atoms with Gasteiger partial charge in [0.05, 0.1) is 6.54 Å². The average molecular weight is 328 g/mol. The molecule has 24 heavy (non-hydrogen) atoms. The van der Waals surface area contributed by atoms with Gasteiger partial charge in [0.25, 0.3) is 0 Å². The van der Waals surface area contributed by atoms with Crippen molar-refractivity contribution in [2.24, 2.45) is 0 Å². The molecule has 6 heteroatoms. The van der Waals surface area contributed by atoms with Crippen molar-refractivity contribution in [3.63, 3.8) is 0 Å². The molecule has 2 aromatic carbocycles. The zero-order valence-electron chi connectivity index (χ0n) is 12.8. The molecular weight excluding hydrogens is 314 g/mol. The van der Waals surface area contributed by atoms with Crippen LogP contribution in [0.5, 0.6) is 0 Å². The van der Waals surface area contributed by atoms with Gasteiger partial charge in [-0.3, -0.25) is 4.79 Å². The van der Waals surface area contributed by atoms with Gasteiger partial charge in [-0.2, -0.15) is 0 Å². The van der Waals surface area contributed by atoms with Crippen molar-refractivity contribution >= 4 is 17.5 Å². The van der Waals surface area contributed by atoms with Gasteiger partial charge in [0.15, 0.2) is 5.78 Å². The number of hydrogen-bond acceptors (Lipinski definition) is 2. The second kappa shape index (κ2) is 7.88. The minimum absolute atomic E-state index is 0.00361. The molecule has 0 heterocycles. The van der Waals surface area contributed by atoms with E-state index in [1.54, 1.807) is 24.3 Å². The van der Waals surface area contributed by atoms with E-state index >= 15 is 0 Å². The SMILES string of the molecule is CC(=O)c1ccc(C#CCNC(=O)Nc2c(F)cccc2F)cc1. The van der Waals surface area contributed by atoms with Crippen molar-refractivity contribution in [1.82, 2.24) is 5.32 Å². The Bertz CT molecular complexity index is 801. The van der Waals surface area contributed by atoms with Gasteiger partial charge < -0.3 is 10.6 Å². The van der Waals surface area contributed by atoms with Crippen molar-refractivity contribution in [1.29, 1.82) is 0 Å². The largest absolute Gasteiger partial charge is 0.327 e. The Morgan fingerprint density at radius 2 is 1.67 bits per heavy atom. The Balaban J connectivity index is 1.88. The molecule has 122 valence electrons. The maximum Gasteiger partial charge on any atom is 0.320 e. The zero-order valence-corrected chi connectivity index (χ0v) is 12.8. The number of benzene rings is 2. The predicted molar refractivity (Wildman–Crippen MR) is 86.7 cm³/mol. The molecule has 2 amide bonds. The summed E-state index contributed by atoms with van der Waals surface area (Å²) in [6.45, 7) is 1.47. The maximum absolute atomic E-state index is 13.4. The number of anilines is 1. The van der Waals surface area contributed by atoms with Crippen LogP contribution in [0.3, 0.4) is 0 Å². The lowest BCUT2D eigenvalue weighted by molar-refractivity contribution is 0.101. The molecule has 2 N–H and O–H groups in total. The van der Waals surface area contributed by atoms with Gasteiger partial charge in [0.1, 0.15) is 17.3 Å². The molecule has 0 atom stereocenters. The minimum Gasteiger partial charge on any atom is -0.327 e. The lowest BCUT2D eigenvalue weighted by Crippen LogP contribution is -2.29. The smallest absolute Gasteiger partial charge is 0.320 e. The number of carbonyl (C=O) groups excluding carboxylic acids is 2. The van der Waals surface area contributed by atoms with Gasteiger partial charge in [0, 0.05) is 11.1 Å². The number of Topliss-reactive ketones (excluding diaryl/α,β-unsaturated/α-hetero) is 1. The molecule has 0 spiro atoms. The van der Waals surface area contributed by atoms with E-state index in [1.165, 1.54) is 13.0 Å². The van der Waals surface area contributed by atoms with Gasteiger partial charge in [0.2, 0.25) is 0 Å². The Morgan fingerprint density at radius 1 is 1.04 bits per heavy atom. The third kappa shape index (κ3) is 4.65. The molecule has 0 bridgehead atoms. The third-order valence-electron chi connectivity index (χ3n) is 3.06. The fourth-order valence-corrected chi connectivity index (χ4v) is 1.83. The van der Waals surface area contributed by atoms with Crippen LogP contribution in [0.1, 0.15) is 22.8 Å². The molecule has 2 aromatic rings. The number of rotatable bonds is 3. The molecule has 0 aromatic heterocycles. The van der Waals surface area contributed by atoms with Gasteiger partial charge >= 0.3 is 6.03 Å². The van der Waals surface area contributed by atoms with Gasteiger partial charge in [-0.05, 0) is 31.2 Å². The number of nitrogens with one attached hydrogen (secondary N) is 2. The molecule has 2 rings (SSSR count). The Labute approximate surface area is 137 Å². The molecule has 0 aliphatic rings. The summed E-state index contributed by atoms with van der Waals surface area (Å²) in [5, 5.41) is 4.47. The van der Waals surface area contributed by atoms with Crippen LogP contribution in [0.4, 0.5) is 19.3 Å². The van der Waals surface area contributed by atoms with E-state index < -0.39 is 23.4 Å². The van der Waals surface area contributed by atoms with E-state index in [1.807, 2.05) is 0 Å². The van der Waals surface area contributed by atoms with E-state index in [9.17, 15) is 18.4 Å². The first-order valence-corrected chi connectivity index (χ1v) is 7.06. The number of hydrogen-bond donors (Lipinski definition) is 2. The van der Waals surface area contributed by atoms with Crippen LogP contribution in [0.2, 0.25) is 0 Å². The summed E-state index contributed by atoms with van der Waals surface area (Å²) in [5.74, 6) is 3.75. The molecule has 0 fully saturated rings. The highest BCUT2D eigenvalue weighted by Gasteiger charge is 2.10.